The van der Waals surface area contributed by atoms with Gasteiger partial charge in [0.15, 0.2) is 11.2 Å². The van der Waals surface area contributed by atoms with Crippen molar-refractivity contribution in [3.05, 3.63) is 51.3 Å². The molecule has 3 rings (SSSR count). The lowest BCUT2D eigenvalue weighted by molar-refractivity contribution is -0.122. The summed E-state index contributed by atoms with van der Waals surface area (Å²) in [6.07, 6.45) is 2.95. The Hall–Kier alpha value is -3.10. The number of imidazole rings is 1. The zero-order valence-electron chi connectivity index (χ0n) is 12.6. The molecule has 3 aromatic rings. The van der Waals surface area contributed by atoms with Crippen molar-refractivity contribution >= 4 is 17.1 Å². The van der Waals surface area contributed by atoms with E-state index in [0.29, 0.717) is 5.76 Å². The molecule has 0 radical (unpaired) electrons. The molecule has 3 heterocycles. The smallest absolute Gasteiger partial charge is 0.332 e. The summed E-state index contributed by atoms with van der Waals surface area (Å²) < 4.78 is 8.76. The van der Waals surface area contributed by atoms with E-state index in [9.17, 15) is 14.4 Å². The molecule has 0 saturated carbocycles. The second-order valence-corrected chi connectivity index (χ2v) is 5.12. The van der Waals surface area contributed by atoms with Crippen molar-refractivity contribution in [1.29, 1.82) is 0 Å². The molecular formula is C14H15N5O4. The quantitative estimate of drug-likeness (QED) is 0.688. The number of aromatic nitrogens is 4. The Labute approximate surface area is 129 Å². The van der Waals surface area contributed by atoms with Gasteiger partial charge in [0.05, 0.1) is 19.1 Å². The van der Waals surface area contributed by atoms with Gasteiger partial charge in [-0.2, -0.15) is 0 Å². The van der Waals surface area contributed by atoms with Gasteiger partial charge in [0.1, 0.15) is 12.3 Å². The normalized spacial score (nSPS) is 11.0. The molecule has 0 bridgehead atoms. The lowest BCUT2D eigenvalue weighted by Crippen LogP contribution is -2.43. The van der Waals surface area contributed by atoms with Crippen molar-refractivity contribution in [2.45, 2.75) is 13.1 Å². The van der Waals surface area contributed by atoms with Crippen LogP contribution in [0.5, 0.6) is 0 Å². The van der Waals surface area contributed by atoms with Crippen molar-refractivity contribution in [2.24, 2.45) is 14.1 Å². The predicted molar refractivity (Wildman–Crippen MR) is 80.8 cm³/mol. The summed E-state index contributed by atoms with van der Waals surface area (Å²) in [7, 11) is 3.16. The van der Waals surface area contributed by atoms with Crippen LogP contribution in [0.15, 0.2) is 38.7 Å². The predicted octanol–water partition coefficient (Wildman–Crippen LogP) is -0.657. The first-order valence-corrected chi connectivity index (χ1v) is 6.89. The Morgan fingerprint density at radius 2 is 2.13 bits per heavy atom. The number of furan rings is 1. The number of hydrogen-bond donors (Lipinski definition) is 1. The summed E-state index contributed by atoms with van der Waals surface area (Å²) >= 11 is 0. The average Bonchev–Trinajstić information content (AvgIpc) is 3.17. The first-order chi connectivity index (χ1) is 11.0. The number of rotatable bonds is 4. The number of fused-ring (bicyclic) bond motifs is 1. The highest BCUT2D eigenvalue weighted by Gasteiger charge is 2.16. The van der Waals surface area contributed by atoms with Crippen LogP contribution >= 0.6 is 0 Å². The van der Waals surface area contributed by atoms with Crippen molar-refractivity contribution in [1.82, 2.24) is 24.0 Å². The lowest BCUT2D eigenvalue weighted by Gasteiger charge is -2.08. The molecule has 0 atom stereocenters. The van der Waals surface area contributed by atoms with Gasteiger partial charge in [0.2, 0.25) is 5.91 Å². The summed E-state index contributed by atoms with van der Waals surface area (Å²) in [5, 5.41) is 2.60. The number of hydrogen-bond acceptors (Lipinski definition) is 5. The summed E-state index contributed by atoms with van der Waals surface area (Å²) in [5.41, 5.74) is -0.578. The minimum Gasteiger partial charge on any atom is -0.467 e. The number of amides is 1. The topological polar surface area (TPSA) is 104 Å². The Kier molecular flexibility index (Phi) is 3.61. The molecule has 0 aromatic carbocycles. The third-order valence-corrected chi connectivity index (χ3v) is 3.54. The molecule has 0 unspecified atom stereocenters. The van der Waals surface area contributed by atoms with Crippen molar-refractivity contribution in [3.8, 4) is 0 Å². The van der Waals surface area contributed by atoms with Gasteiger partial charge in [0.25, 0.3) is 5.56 Å². The molecule has 23 heavy (non-hydrogen) atoms. The molecule has 0 fully saturated rings. The molecule has 0 aliphatic heterocycles. The zero-order valence-corrected chi connectivity index (χ0v) is 12.6. The van der Waals surface area contributed by atoms with Gasteiger partial charge in [-0.25, -0.2) is 14.3 Å². The van der Waals surface area contributed by atoms with Gasteiger partial charge in [-0.15, -0.1) is 0 Å². The van der Waals surface area contributed by atoms with Crippen LogP contribution < -0.4 is 16.6 Å². The molecule has 0 spiro atoms. The van der Waals surface area contributed by atoms with E-state index < -0.39 is 17.2 Å². The van der Waals surface area contributed by atoms with Gasteiger partial charge in [-0.05, 0) is 12.1 Å². The van der Waals surface area contributed by atoms with Crippen LogP contribution in [0.4, 0.5) is 0 Å². The van der Waals surface area contributed by atoms with E-state index in [1.54, 1.807) is 19.2 Å². The summed E-state index contributed by atoms with van der Waals surface area (Å²) in [4.78, 5) is 40.7. The first-order valence-electron chi connectivity index (χ1n) is 6.89. The van der Waals surface area contributed by atoms with E-state index in [0.717, 1.165) is 4.57 Å². The van der Waals surface area contributed by atoms with E-state index in [4.69, 9.17) is 4.42 Å². The van der Waals surface area contributed by atoms with Crippen LogP contribution in [-0.4, -0.2) is 24.6 Å². The van der Waals surface area contributed by atoms with Crippen molar-refractivity contribution in [3.63, 3.8) is 0 Å². The second kappa shape index (κ2) is 5.59. The number of carbonyl (C=O) groups is 1. The van der Waals surface area contributed by atoms with Crippen LogP contribution in [0.2, 0.25) is 0 Å². The van der Waals surface area contributed by atoms with E-state index in [1.165, 1.54) is 28.8 Å². The van der Waals surface area contributed by atoms with Gasteiger partial charge in [-0.3, -0.25) is 14.2 Å². The highest BCUT2D eigenvalue weighted by molar-refractivity contribution is 5.76. The van der Waals surface area contributed by atoms with E-state index >= 15 is 0 Å². The highest BCUT2D eigenvalue weighted by atomic mass is 16.3. The standard InChI is InChI=1S/C14H15N5O4/c1-17-8-16-12-11(17)13(21)19(14(22)18(12)2)7-10(20)15-6-9-4-3-5-23-9/h3-5,8H,6-7H2,1-2H3,(H,15,20). The molecule has 120 valence electrons. The Bertz CT molecular complexity index is 977. The lowest BCUT2D eigenvalue weighted by atomic mass is 10.4. The summed E-state index contributed by atoms with van der Waals surface area (Å²) in [6, 6.07) is 3.42. The molecule has 0 saturated heterocycles. The maximum Gasteiger partial charge on any atom is 0.332 e. The van der Waals surface area contributed by atoms with Crippen LogP contribution in [0, 0.1) is 0 Å². The van der Waals surface area contributed by atoms with Crippen molar-refractivity contribution < 1.29 is 9.21 Å². The van der Waals surface area contributed by atoms with E-state index in [-0.39, 0.29) is 24.3 Å². The minimum atomic E-state index is -0.589. The van der Waals surface area contributed by atoms with E-state index in [2.05, 4.69) is 10.3 Å². The monoisotopic (exact) mass is 317 g/mol. The highest BCUT2D eigenvalue weighted by Crippen LogP contribution is 2.03. The molecule has 0 aliphatic carbocycles. The SMILES string of the molecule is Cn1cnc2c1c(=O)n(CC(=O)NCc1ccco1)c(=O)n2C. The Morgan fingerprint density at radius 3 is 2.83 bits per heavy atom. The van der Waals surface area contributed by atoms with E-state index in [1.807, 2.05) is 0 Å². The fourth-order valence-corrected chi connectivity index (χ4v) is 2.33. The van der Waals surface area contributed by atoms with Crippen LogP contribution in [0.25, 0.3) is 11.2 Å². The number of nitrogens with zero attached hydrogens (tertiary/aromatic N) is 4. The first kappa shape index (κ1) is 14.8. The zero-order chi connectivity index (χ0) is 16.6. The summed E-state index contributed by atoms with van der Waals surface area (Å²) in [6.45, 7) is -0.178. The maximum absolute atomic E-state index is 12.4. The molecule has 0 aliphatic rings. The van der Waals surface area contributed by atoms with Crippen LogP contribution in [0.3, 0.4) is 0 Å². The molecular weight excluding hydrogens is 302 g/mol. The fourth-order valence-electron chi connectivity index (χ4n) is 2.33. The Morgan fingerprint density at radius 1 is 1.35 bits per heavy atom. The number of nitrogens with one attached hydrogen (secondary N) is 1. The molecule has 3 aromatic heterocycles. The fraction of sp³-hybridized carbons (Fsp3) is 0.286. The maximum atomic E-state index is 12.4. The number of carbonyl (C=O) groups excluding carboxylic acids is 1. The average molecular weight is 317 g/mol. The third kappa shape index (κ3) is 2.56. The largest absolute Gasteiger partial charge is 0.467 e. The molecule has 9 nitrogen and oxygen atoms in total. The molecule has 1 N–H and O–H groups in total. The van der Waals surface area contributed by atoms with Crippen LogP contribution in [-0.2, 0) is 32.0 Å². The Balaban J connectivity index is 1.90. The number of aryl methyl sites for hydroxylation is 2. The third-order valence-electron chi connectivity index (χ3n) is 3.54. The van der Waals surface area contributed by atoms with Gasteiger partial charge >= 0.3 is 5.69 Å². The minimum absolute atomic E-state index is 0.189. The van der Waals surface area contributed by atoms with Gasteiger partial charge < -0.3 is 14.3 Å². The van der Waals surface area contributed by atoms with Gasteiger partial charge in [-0.1, -0.05) is 0 Å². The van der Waals surface area contributed by atoms with Crippen LogP contribution in [0.1, 0.15) is 5.76 Å². The van der Waals surface area contributed by atoms with Crippen molar-refractivity contribution in [2.75, 3.05) is 0 Å². The second-order valence-electron chi connectivity index (χ2n) is 5.12. The molecule has 9 heteroatoms. The van der Waals surface area contributed by atoms with Gasteiger partial charge in [0, 0.05) is 14.1 Å². The molecule has 1 amide bonds. The summed E-state index contributed by atoms with van der Waals surface area (Å²) in [5.74, 6) is 0.128.